The Hall–Kier alpha value is -0.170. The molecule has 0 aromatic heterocycles. The van der Waals surface area contributed by atoms with Gasteiger partial charge in [0.05, 0.1) is 0 Å². The third-order valence-corrected chi connectivity index (χ3v) is 3.19. The van der Waals surface area contributed by atoms with Gasteiger partial charge < -0.3 is 5.73 Å². The predicted octanol–water partition coefficient (Wildman–Crippen LogP) is -1.22. The Balaban J connectivity index is 2.18. The topological polar surface area (TPSA) is 84.2 Å². The van der Waals surface area contributed by atoms with E-state index in [9.17, 15) is 8.42 Å². The fourth-order valence-corrected chi connectivity index (χ4v) is 1.85. The molecule has 12 heavy (non-hydrogen) atoms. The molecule has 0 bridgehead atoms. The number of hydrogen-bond donors (Lipinski definition) is 3. The van der Waals surface area contributed by atoms with Gasteiger partial charge in [0, 0.05) is 19.6 Å². The maximum absolute atomic E-state index is 10.9. The Bertz CT molecular complexity index is 233. The van der Waals surface area contributed by atoms with E-state index in [0.717, 1.165) is 12.8 Å². The third kappa shape index (κ3) is 2.71. The fraction of sp³-hybridized carbons (Fsp3) is 1.00. The molecule has 0 saturated heterocycles. The van der Waals surface area contributed by atoms with Crippen molar-refractivity contribution in [2.24, 2.45) is 11.7 Å². The van der Waals surface area contributed by atoms with Gasteiger partial charge in [-0.2, -0.15) is 8.42 Å². The second-order valence-electron chi connectivity index (χ2n) is 3.15. The molecule has 0 radical (unpaired) electrons. The average Bonchev–Trinajstić information content (AvgIpc) is 1.96. The number of hydrogen-bond acceptors (Lipinski definition) is 3. The zero-order valence-corrected chi connectivity index (χ0v) is 7.89. The standard InChI is InChI=1S/C6H15N3O2S/c1-8-12(10,11)9-4-5-2-6(7)3-5/h5-6,8-9H,2-4,7H2,1H3. The molecule has 1 aliphatic carbocycles. The van der Waals surface area contributed by atoms with Crippen molar-refractivity contribution < 1.29 is 8.42 Å². The lowest BCUT2D eigenvalue weighted by atomic mass is 9.81. The van der Waals surface area contributed by atoms with Crippen LogP contribution in [0.25, 0.3) is 0 Å². The van der Waals surface area contributed by atoms with Crippen molar-refractivity contribution in [1.82, 2.24) is 9.44 Å². The molecule has 1 saturated carbocycles. The molecular weight excluding hydrogens is 178 g/mol. The Kier molecular flexibility index (Phi) is 3.05. The molecule has 0 amide bonds. The minimum absolute atomic E-state index is 0.272. The zero-order valence-electron chi connectivity index (χ0n) is 7.08. The van der Waals surface area contributed by atoms with Crippen molar-refractivity contribution >= 4 is 10.2 Å². The van der Waals surface area contributed by atoms with Crippen molar-refractivity contribution in [2.75, 3.05) is 13.6 Å². The third-order valence-electron chi connectivity index (χ3n) is 2.10. The molecule has 0 heterocycles. The van der Waals surface area contributed by atoms with Gasteiger partial charge >= 0.3 is 0 Å². The van der Waals surface area contributed by atoms with Gasteiger partial charge in [0.2, 0.25) is 0 Å². The van der Waals surface area contributed by atoms with Crippen LogP contribution >= 0.6 is 0 Å². The van der Waals surface area contributed by atoms with Crippen LogP contribution in [0.3, 0.4) is 0 Å². The van der Waals surface area contributed by atoms with E-state index in [-0.39, 0.29) is 6.04 Å². The van der Waals surface area contributed by atoms with Gasteiger partial charge in [0.1, 0.15) is 0 Å². The summed E-state index contributed by atoms with van der Waals surface area (Å²) in [6.45, 7) is 0.497. The summed E-state index contributed by atoms with van der Waals surface area (Å²) in [5.74, 6) is 0.420. The van der Waals surface area contributed by atoms with Crippen LogP contribution in [-0.2, 0) is 10.2 Å². The number of rotatable bonds is 4. The minimum atomic E-state index is -3.25. The maximum Gasteiger partial charge on any atom is 0.276 e. The highest BCUT2D eigenvalue weighted by Crippen LogP contribution is 2.24. The van der Waals surface area contributed by atoms with Crippen LogP contribution in [0.4, 0.5) is 0 Å². The maximum atomic E-state index is 10.9. The first-order chi connectivity index (χ1) is 5.53. The fourth-order valence-electron chi connectivity index (χ4n) is 1.25. The van der Waals surface area contributed by atoms with E-state index in [1.54, 1.807) is 0 Å². The van der Waals surface area contributed by atoms with Gasteiger partial charge in [0.25, 0.3) is 10.2 Å². The van der Waals surface area contributed by atoms with Crippen molar-refractivity contribution in [1.29, 1.82) is 0 Å². The summed E-state index contributed by atoms with van der Waals surface area (Å²) in [6, 6.07) is 0.272. The van der Waals surface area contributed by atoms with E-state index < -0.39 is 10.2 Å². The first kappa shape index (κ1) is 9.91. The summed E-state index contributed by atoms with van der Waals surface area (Å²) in [5, 5.41) is 0. The highest BCUT2D eigenvalue weighted by Gasteiger charge is 2.26. The zero-order chi connectivity index (χ0) is 9.19. The molecule has 1 aliphatic rings. The summed E-state index contributed by atoms with van der Waals surface area (Å²) in [6.07, 6.45) is 1.85. The molecule has 0 atom stereocenters. The summed E-state index contributed by atoms with van der Waals surface area (Å²) >= 11 is 0. The van der Waals surface area contributed by atoms with Crippen molar-refractivity contribution in [3.63, 3.8) is 0 Å². The van der Waals surface area contributed by atoms with Crippen molar-refractivity contribution in [2.45, 2.75) is 18.9 Å². The SMILES string of the molecule is CNS(=O)(=O)NCC1CC(N)C1. The van der Waals surface area contributed by atoms with Crippen molar-refractivity contribution in [3.05, 3.63) is 0 Å². The molecule has 6 heteroatoms. The van der Waals surface area contributed by atoms with Gasteiger partial charge in [-0.05, 0) is 18.8 Å². The van der Waals surface area contributed by atoms with Crippen LogP contribution in [0.15, 0.2) is 0 Å². The van der Waals surface area contributed by atoms with Crippen LogP contribution in [-0.4, -0.2) is 28.1 Å². The van der Waals surface area contributed by atoms with E-state index in [0.29, 0.717) is 12.5 Å². The lowest BCUT2D eigenvalue weighted by Crippen LogP contribution is -2.44. The molecule has 72 valence electrons. The van der Waals surface area contributed by atoms with Crippen molar-refractivity contribution in [3.8, 4) is 0 Å². The minimum Gasteiger partial charge on any atom is -0.328 e. The largest absolute Gasteiger partial charge is 0.328 e. The molecular formula is C6H15N3O2S. The Morgan fingerprint density at radius 3 is 2.50 bits per heavy atom. The van der Waals surface area contributed by atoms with Crippen LogP contribution in [0, 0.1) is 5.92 Å². The molecule has 0 aliphatic heterocycles. The number of nitrogens with one attached hydrogen (secondary N) is 2. The van der Waals surface area contributed by atoms with E-state index in [2.05, 4.69) is 9.44 Å². The van der Waals surface area contributed by atoms with E-state index >= 15 is 0 Å². The van der Waals surface area contributed by atoms with Gasteiger partial charge in [0.15, 0.2) is 0 Å². The first-order valence-electron chi connectivity index (χ1n) is 3.97. The quantitative estimate of drug-likeness (QED) is 0.523. The average molecular weight is 193 g/mol. The predicted molar refractivity (Wildman–Crippen MR) is 46.7 cm³/mol. The Morgan fingerprint density at radius 2 is 2.08 bits per heavy atom. The van der Waals surface area contributed by atoms with Gasteiger partial charge in [-0.3, -0.25) is 0 Å². The molecule has 1 fully saturated rings. The molecule has 5 nitrogen and oxygen atoms in total. The van der Waals surface area contributed by atoms with Gasteiger partial charge in [-0.1, -0.05) is 0 Å². The van der Waals surface area contributed by atoms with Gasteiger partial charge in [-0.15, -0.1) is 0 Å². The van der Waals surface area contributed by atoms with Gasteiger partial charge in [-0.25, -0.2) is 9.44 Å². The van der Waals surface area contributed by atoms with E-state index in [4.69, 9.17) is 5.73 Å². The smallest absolute Gasteiger partial charge is 0.276 e. The Labute approximate surface area is 72.9 Å². The van der Waals surface area contributed by atoms with E-state index in [1.807, 2.05) is 0 Å². The monoisotopic (exact) mass is 193 g/mol. The molecule has 4 N–H and O–H groups in total. The summed E-state index contributed by atoms with van der Waals surface area (Å²) in [4.78, 5) is 0. The lowest BCUT2D eigenvalue weighted by Gasteiger charge is -2.32. The van der Waals surface area contributed by atoms with Crippen LogP contribution in [0.5, 0.6) is 0 Å². The highest BCUT2D eigenvalue weighted by atomic mass is 32.2. The van der Waals surface area contributed by atoms with Crippen LogP contribution in [0.1, 0.15) is 12.8 Å². The highest BCUT2D eigenvalue weighted by molar-refractivity contribution is 7.87. The molecule has 0 aromatic carbocycles. The summed E-state index contributed by atoms with van der Waals surface area (Å²) in [7, 11) is -1.87. The normalized spacial score (nSPS) is 29.8. The molecule has 1 rings (SSSR count). The Morgan fingerprint density at radius 1 is 1.50 bits per heavy atom. The summed E-state index contributed by atoms with van der Waals surface area (Å²) in [5.41, 5.74) is 5.55. The number of nitrogens with two attached hydrogens (primary N) is 1. The van der Waals surface area contributed by atoms with Crippen LogP contribution in [0.2, 0.25) is 0 Å². The first-order valence-corrected chi connectivity index (χ1v) is 5.45. The summed E-state index contributed by atoms with van der Waals surface area (Å²) < 4.78 is 26.4. The lowest BCUT2D eigenvalue weighted by molar-refractivity contribution is 0.267. The van der Waals surface area contributed by atoms with Crippen LogP contribution < -0.4 is 15.2 Å². The second kappa shape index (κ2) is 3.69. The molecule has 0 aromatic rings. The molecule has 0 unspecified atom stereocenters. The van der Waals surface area contributed by atoms with E-state index in [1.165, 1.54) is 7.05 Å². The second-order valence-corrected chi connectivity index (χ2v) is 4.86. The molecule has 0 spiro atoms.